The molecule has 0 bridgehead atoms. The van der Waals surface area contributed by atoms with E-state index in [2.05, 4.69) is 5.10 Å². The average molecular weight is 394 g/mol. The zero-order valence-electron chi connectivity index (χ0n) is 14.1. The van der Waals surface area contributed by atoms with Crippen LogP contribution in [0.4, 0.5) is 5.69 Å². The van der Waals surface area contributed by atoms with Crippen molar-refractivity contribution < 1.29 is 29.5 Å². The maximum Gasteiger partial charge on any atom is 0.270 e. The monoisotopic (exact) mass is 393 g/mol. The van der Waals surface area contributed by atoms with Crippen molar-refractivity contribution in [2.45, 2.75) is 19.3 Å². The Hall–Kier alpha value is -3.27. The van der Waals surface area contributed by atoms with Gasteiger partial charge in [0.15, 0.2) is 5.78 Å². The quantitative estimate of drug-likeness (QED) is 0.345. The summed E-state index contributed by atoms with van der Waals surface area (Å²) in [7, 11) is 1.35. The average Bonchev–Trinajstić information content (AvgIpc) is 2.85. The minimum absolute atomic E-state index is 0.120. The summed E-state index contributed by atoms with van der Waals surface area (Å²) in [5.41, 5.74) is -0.661. The summed E-state index contributed by atoms with van der Waals surface area (Å²) in [4.78, 5) is 45.4. The first-order valence-electron chi connectivity index (χ1n) is 7.47. The molecule has 0 fully saturated rings. The molecule has 27 heavy (non-hydrogen) atoms. The number of ketones is 1. The van der Waals surface area contributed by atoms with E-state index in [0.29, 0.717) is 0 Å². The number of carbonyl (C=O) groups is 3. The van der Waals surface area contributed by atoms with Crippen LogP contribution < -0.4 is 10.2 Å². The van der Waals surface area contributed by atoms with Gasteiger partial charge in [-0.2, -0.15) is 5.10 Å². The Kier molecular flexibility index (Phi) is 5.60. The standard InChI is InChI=1S/C16H14ClN3O7/c1-7-13(14(19(2)18-7)10(16(24)25)6-12(21)22)15(23)9-4-3-8(20(26)27)5-11(9)17/h3-5,10H,6H2,1-2H3,(H,21,22)(H,24,25)/p-2. The van der Waals surface area contributed by atoms with E-state index in [-0.39, 0.29) is 33.2 Å². The number of carboxylic acids is 2. The third-order valence-electron chi connectivity index (χ3n) is 3.89. The SMILES string of the molecule is Cc1nn(C)c(C(CC(=O)[O-])C(=O)[O-])c1C(=O)c1ccc([N+](=O)[O-])cc1Cl. The van der Waals surface area contributed by atoms with Crippen LogP contribution in [-0.2, 0) is 16.6 Å². The minimum Gasteiger partial charge on any atom is -0.550 e. The molecular formula is C16H12ClN3O7-2. The van der Waals surface area contributed by atoms with Gasteiger partial charge in [0.2, 0.25) is 0 Å². The molecule has 0 saturated carbocycles. The first-order valence-corrected chi connectivity index (χ1v) is 7.85. The molecule has 1 aromatic heterocycles. The minimum atomic E-state index is -1.72. The number of nitro benzene ring substituents is 1. The van der Waals surface area contributed by atoms with Crippen LogP contribution in [0.25, 0.3) is 0 Å². The van der Waals surface area contributed by atoms with Crippen LogP contribution in [0.2, 0.25) is 5.02 Å². The van der Waals surface area contributed by atoms with Crippen LogP contribution in [0, 0.1) is 17.0 Å². The van der Waals surface area contributed by atoms with Gasteiger partial charge in [-0.1, -0.05) is 11.6 Å². The molecule has 142 valence electrons. The number of non-ortho nitro benzene ring substituents is 1. The van der Waals surface area contributed by atoms with Crippen molar-refractivity contribution in [3.63, 3.8) is 0 Å². The summed E-state index contributed by atoms with van der Waals surface area (Å²) < 4.78 is 1.07. The van der Waals surface area contributed by atoms with Crippen molar-refractivity contribution in [3.8, 4) is 0 Å². The van der Waals surface area contributed by atoms with E-state index in [1.54, 1.807) is 0 Å². The fourth-order valence-electron chi connectivity index (χ4n) is 2.75. The number of hydrogen-bond acceptors (Lipinski definition) is 8. The molecule has 2 aromatic rings. The van der Waals surface area contributed by atoms with Gasteiger partial charge in [0.25, 0.3) is 5.69 Å². The molecule has 2 rings (SSSR count). The molecule has 1 heterocycles. The van der Waals surface area contributed by atoms with Crippen LogP contribution in [0.5, 0.6) is 0 Å². The molecule has 0 N–H and O–H groups in total. The van der Waals surface area contributed by atoms with E-state index in [9.17, 15) is 34.7 Å². The Morgan fingerprint density at radius 3 is 2.41 bits per heavy atom. The summed E-state index contributed by atoms with van der Waals surface area (Å²) in [6.45, 7) is 1.43. The molecular weight excluding hydrogens is 382 g/mol. The smallest absolute Gasteiger partial charge is 0.270 e. The van der Waals surface area contributed by atoms with Crippen LogP contribution in [0.1, 0.15) is 39.6 Å². The lowest BCUT2D eigenvalue weighted by Gasteiger charge is -2.20. The fraction of sp³-hybridized carbons (Fsp3) is 0.250. The number of rotatable bonds is 7. The highest BCUT2D eigenvalue weighted by Gasteiger charge is 2.29. The Labute approximate surface area is 157 Å². The number of benzene rings is 1. The largest absolute Gasteiger partial charge is 0.550 e. The van der Waals surface area contributed by atoms with E-state index in [1.807, 2.05) is 0 Å². The molecule has 0 amide bonds. The second-order valence-electron chi connectivity index (χ2n) is 5.67. The van der Waals surface area contributed by atoms with Crippen molar-refractivity contribution in [1.82, 2.24) is 9.78 Å². The van der Waals surface area contributed by atoms with Gasteiger partial charge in [-0.3, -0.25) is 19.6 Å². The molecule has 1 atom stereocenters. The van der Waals surface area contributed by atoms with Crippen LogP contribution >= 0.6 is 11.6 Å². The number of carbonyl (C=O) groups excluding carboxylic acids is 3. The molecule has 10 nitrogen and oxygen atoms in total. The summed E-state index contributed by atoms with van der Waals surface area (Å²) in [6, 6.07) is 3.19. The Morgan fingerprint density at radius 1 is 1.30 bits per heavy atom. The summed E-state index contributed by atoms with van der Waals surface area (Å²) in [6.07, 6.45) is -0.921. The lowest BCUT2D eigenvalue weighted by Crippen LogP contribution is -2.36. The molecule has 0 aliphatic rings. The molecule has 0 aliphatic heterocycles. The van der Waals surface area contributed by atoms with Crippen molar-refractivity contribution >= 4 is 35.0 Å². The van der Waals surface area contributed by atoms with Crippen molar-refractivity contribution in [1.29, 1.82) is 0 Å². The van der Waals surface area contributed by atoms with E-state index < -0.39 is 35.0 Å². The van der Waals surface area contributed by atoms with Gasteiger partial charge in [-0.15, -0.1) is 0 Å². The molecule has 0 aliphatic carbocycles. The first kappa shape index (κ1) is 20.0. The van der Waals surface area contributed by atoms with Gasteiger partial charge in [-0.25, -0.2) is 0 Å². The van der Waals surface area contributed by atoms with Crippen LogP contribution in [0.3, 0.4) is 0 Å². The topological polar surface area (TPSA) is 158 Å². The highest BCUT2D eigenvalue weighted by Crippen LogP contribution is 2.30. The Morgan fingerprint density at radius 2 is 1.93 bits per heavy atom. The van der Waals surface area contributed by atoms with E-state index >= 15 is 0 Å². The van der Waals surface area contributed by atoms with Crippen LogP contribution in [-0.4, -0.2) is 32.4 Å². The zero-order valence-corrected chi connectivity index (χ0v) is 14.8. The number of aliphatic carboxylic acids is 2. The van der Waals surface area contributed by atoms with Crippen molar-refractivity contribution in [2.24, 2.45) is 7.05 Å². The molecule has 0 saturated heterocycles. The maximum absolute atomic E-state index is 12.9. The van der Waals surface area contributed by atoms with E-state index in [0.717, 1.165) is 22.9 Å². The van der Waals surface area contributed by atoms with Crippen molar-refractivity contribution in [3.05, 3.63) is 55.9 Å². The lowest BCUT2D eigenvalue weighted by molar-refractivity contribution is -0.384. The van der Waals surface area contributed by atoms with E-state index in [4.69, 9.17) is 11.6 Å². The molecule has 1 aromatic carbocycles. The zero-order chi connectivity index (χ0) is 20.5. The van der Waals surface area contributed by atoms with Gasteiger partial charge < -0.3 is 19.8 Å². The number of hydrogen-bond donors (Lipinski definition) is 0. The third-order valence-corrected chi connectivity index (χ3v) is 4.20. The number of halogens is 1. The predicted molar refractivity (Wildman–Crippen MR) is 86.9 cm³/mol. The van der Waals surface area contributed by atoms with Gasteiger partial charge in [-0.05, 0) is 13.0 Å². The fourth-order valence-corrected chi connectivity index (χ4v) is 3.01. The maximum atomic E-state index is 12.9. The summed E-state index contributed by atoms with van der Waals surface area (Å²) >= 11 is 5.97. The number of nitrogens with zero attached hydrogens (tertiary/aromatic N) is 3. The third kappa shape index (κ3) is 3.95. The molecule has 11 heteroatoms. The Bertz CT molecular complexity index is 967. The van der Waals surface area contributed by atoms with Gasteiger partial charge >= 0.3 is 0 Å². The summed E-state index contributed by atoms with van der Waals surface area (Å²) in [5, 5.41) is 36.9. The lowest BCUT2D eigenvalue weighted by atomic mass is 9.92. The number of carboxylic acid groups (broad SMARTS) is 2. The summed E-state index contributed by atoms with van der Waals surface area (Å²) in [5.74, 6) is -5.79. The van der Waals surface area contributed by atoms with Gasteiger partial charge in [0.1, 0.15) is 0 Å². The molecule has 0 radical (unpaired) electrons. The number of nitro groups is 1. The number of aromatic nitrogens is 2. The highest BCUT2D eigenvalue weighted by molar-refractivity contribution is 6.35. The van der Waals surface area contributed by atoms with E-state index in [1.165, 1.54) is 14.0 Å². The second kappa shape index (κ2) is 7.54. The normalized spacial score (nSPS) is 11.8. The predicted octanol–water partition coefficient (Wildman–Crippen LogP) is -0.505. The number of aryl methyl sites for hydroxylation is 2. The molecule has 0 spiro atoms. The van der Waals surface area contributed by atoms with Crippen LogP contribution in [0.15, 0.2) is 18.2 Å². The second-order valence-corrected chi connectivity index (χ2v) is 6.07. The highest BCUT2D eigenvalue weighted by atomic mass is 35.5. The van der Waals surface area contributed by atoms with Gasteiger partial charge in [0.05, 0.1) is 32.9 Å². The Balaban J connectivity index is 2.62. The molecule has 1 unspecified atom stereocenters. The first-order chi connectivity index (χ1) is 12.5. The van der Waals surface area contributed by atoms with Gasteiger partial charge in [0, 0.05) is 43.1 Å². The van der Waals surface area contributed by atoms with Crippen molar-refractivity contribution in [2.75, 3.05) is 0 Å².